The molecule has 8 bridgehead atoms. The van der Waals surface area contributed by atoms with Crippen molar-refractivity contribution in [2.75, 3.05) is 0 Å². The molecule has 3 aromatic heterocycles. The number of hydrogen-bond donors (Lipinski definition) is 2. The molecule has 25 heavy (non-hydrogen) atoms. The van der Waals surface area contributed by atoms with Gasteiger partial charge in [-0.15, -0.1) is 12.4 Å². The molecule has 0 unspecified atom stereocenters. The summed E-state index contributed by atoms with van der Waals surface area (Å²) in [5, 5.41) is 0. The molecule has 0 amide bonds. The molecule has 0 fully saturated rings. The minimum absolute atomic E-state index is 0. The van der Waals surface area contributed by atoms with Gasteiger partial charge in [0.15, 0.2) is 0 Å². The maximum absolute atomic E-state index is 4.63. The number of fused-ring (bicyclic) bond motifs is 8. The molecule has 0 atom stereocenters. The van der Waals surface area contributed by atoms with Gasteiger partial charge in [-0.25, -0.2) is 9.97 Å². The van der Waals surface area contributed by atoms with E-state index in [-0.39, 0.29) is 12.4 Å². The molecule has 0 aromatic carbocycles. The maximum atomic E-state index is 4.63. The fourth-order valence-corrected chi connectivity index (χ4v) is 2.94. The summed E-state index contributed by atoms with van der Waals surface area (Å²) in [4.78, 5) is 16.0. The molecule has 2 aliphatic rings. The number of hydrogen-bond acceptors (Lipinski definition) is 2. The van der Waals surface area contributed by atoms with Crippen molar-refractivity contribution in [2.24, 2.45) is 0 Å². The molecule has 5 heterocycles. The van der Waals surface area contributed by atoms with E-state index < -0.39 is 0 Å². The predicted octanol–water partition coefficient (Wildman–Crippen LogP) is 5.08. The van der Waals surface area contributed by atoms with Gasteiger partial charge in [-0.3, -0.25) is 0 Å². The van der Waals surface area contributed by atoms with Gasteiger partial charge in [-0.2, -0.15) is 0 Å². The second kappa shape index (κ2) is 6.07. The van der Waals surface area contributed by atoms with E-state index in [1.165, 1.54) is 0 Å². The molecule has 0 radical (unpaired) electrons. The van der Waals surface area contributed by atoms with E-state index in [0.29, 0.717) is 0 Å². The summed E-state index contributed by atoms with van der Waals surface area (Å²) in [6.45, 7) is 0. The number of rotatable bonds is 0. The van der Waals surface area contributed by atoms with Crippen molar-refractivity contribution in [3.05, 3.63) is 71.3 Å². The highest BCUT2D eigenvalue weighted by atomic mass is 35.5. The van der Waals surface area contributed by atoms with Crippen LogP contribution in [0.15, 0.2) is 48.5 Å². The Morgan fingerprint density at radius 3 is 1.04 bits per heavy atom. The van der Waals surface area contributed by atoms with Crippen molar-refractivity contribution in [2.45, 2.75) is 0 Å². The summed E-state index contributed by atoms with van der Waals surface area (Å²) in [5.74, 6) is 0. The third kappa shape index (κ3) is 3.12. The number of H-pyrrole nitrogens is 2. The van der Waals surface area contributed by atoms with Crippen LogP contribution in [-0.2, 0) is 0 Å². The van der Waals surface area contributed by atoms with E-state index in [2.05, 4.69) is 44.2 Å². The number of nitrogens with zero attached hydrogens (tertiary/aromatic N) is 2. The van der Waals surface area contributed by atoms with Crippen molar-refractivity contribution >= 4 is 58.8 Å². The Labute approximate surface area is 150 Å². The third-order valence-electron chi connectivity index (χ3n) is 4.04. The predicted molar refractivity (Wildman–Crippen MR) is 106 cm³/mol. The lowest BCUT2D eigenvalue weighted by Crippen LogP contribution is -1.75. The maximum Gasteiger partial charge on any atom is 0.0658 e. The lowest BCUT2D eigenvalue weighted by Gasteiger charge is -1.85. The van der Waals surface area contributed by atoms with Crippen LogP contribution in [0.3, 0.4) is 0 Å². The first-order valence-corrected chi connectivity index (χ1v) is 7.85. The fourth-order valence-electron chi connectivity index (χ4n) is 2.94. The zero-order chi connectivity index (χ0) is 15.9. The molecule has 2 aliphatic heterocycles. The molecule has 3 aromatic rings. The van der Waals surface area contributed by atoms with Gasteiger partial charge in [0.25, 0.3) is 0 Å². The number of nitrogens with one attached hydrogen (secondary N) is 2. The largest absolute Gasteiger partial charge is 0.355 e. The lowest BCUT2D eigenvalue weighted by atomic mass is 10.3. The average Bonchev–Trinajstić information content (AvgIpc) is 3.32. The van der Waals surface area contributed by atoms with Crippen LogP contribution < -0.4 is 0 Å². The second-order valence-corrected chi connectivity index (χ2v) is 5.91. The monoisotopic (exact) mass is 346 g/mol. The smallest absolute Gasteiger partial charge is 0.0658 e. The standard InChI is InChI=1S/C20H14N4.ClH/c1-2-14-10-16-5-6-18(23-16)12-20-8-7-19(24-20)11-17-4-3-15(22-17)9-13(1)21-14;/h1-12,21,24H;1H. The molecule has 2 N–H and O–H groups in total. The molecule has 0 saturated carbocycles. The first-order chi connectivity index (χ1) is 11.8. The van der Waals surface area contributed by atoms with Crippen LogP contribution >= 0.6 is 12.4 Å². The highest BCUT2D eigenvalue weighted by Gasteiger charge is 2.00. The summed E-state index contributed by atoms with van der Waals surface area (Å²) >= 11 is 0. The van der Waals surface area contributed by atoms with Gasteiger partial charge in [-0.1, -0.05) is 0 Å². The van der Waals surface area contributed by atoms with E-state index in [4.69, 9.17) is 0 Å². The highest BCUT2D eigenvalue weighted by Crippen LogP contribution is 2.16. The van der Waals surface area contributed by atoms with Crippen molar-refractivity contribution in [3.63, 3.8) is 0 Å². The van der Waals surface area contributed by atoms with Gasteiger partial charge in [0.2, 0.25) is 0 Å². The van der Waals surface area contributed by atoms with Gasteiger partial charge in [0.05, 0.1) is 22.8 Å². The molecule has 5 rings (SSSR count). The minimum Gasteiger partial charge on any atom is -0.355 e. The molecular weight excluding hydrogens is 332 g/mol. The normalized spacial score (nSPS) is 12.2. The SMILES string of the molecule is C1=Cc2cc3ccc(cc4nc(cc5ccc(cc1n2)[nH]5)C=C4)[nH]3.Cl. The number of halogens is 1. The van der Waals surface area contributed by atoms with E-state index in [9.17, 15) is 0 Å². The Kier molecular flexibility index (Phi) is 3.75. The van der Waals surface area contributed by atoms with Gasteiger partial charge in [0, 0.05) is 22.1 Å². The van der Waals surface area contributed by atoms with Crippen molar-refractivity contribution in [3.8, 4) is 0 Å². The van der Waals surface area contributed by atoms with Crippen LogP contribution in [0.2, 0.25) is 0 Å². The fraction of sp³-hybridized carbons (Fsp3) is 0. The van der Waals surface area contributed by atoms with Crippen LogP contribution in [0.4, 0.5) is 0 Å². The topological polar surface area (TPSA) is 57.4 Å². The lowest BCUT2D eigenvalue weighted by molar-refractivity contribution is 1.31. The molecule has 5 heteroatoms. The summed E-state index contributed by atoms with van der Waals surface area (Å²) in [6, 6.07) is 16.4. The van der Waals surface area contributed by atoms with Crippen LogP contribution in [0, 0.1) is 0 Å². The van der Waals surface area contributed by atoms with Crippen LogP contribution in [0.5, 0.6) is 0 Å². The van der Waals surface area contributed by atoms with Crippen LogP contribution in [0.1, 0.15) is 22.8 Å². The zero-order valence-electron chi connectivity index (χ0n) is 13.2. The van der Waals surface area contributed by atoms with Gasteiger partial charge < -0.3 is 9.97 Å². The molecule has 122 valence electrons. The minimum atomic E-state index is 0. The number of aromatic amines is 2. The van der Waals surface area contributed by atoms with E-state index in [1.54, 1.807) is 0 Å². The summed E-state index contributed by atoms with van der Waals surface area (Å²) in [5.41, 5.74) is 7.86. The quantitative estimate of drug-likeness (QED) is 0.411. The second-order valence-electron chi connectivity index (χ2n) is 5.91. The molecule has 0 aliphatic carbocycles. The van der Waals surface area contributed by atoms with Gasteiger partial charge in [-0.05, 0) is 72.8 Å². The first-order valence-electron chi connectivity index (χ1n) is 7.85. The summed E-state index contributed by atoms with van der Waals surface area (Å²) in [7, 11) is 0. The van der Waals surface area contributed by atoms with Crippen LogP contribution in [-0.4, -0.2) is 19.9 Å². The van der Waals surface area contributed by atoms with Crippen molar-refractivity contribution in [1.29, 1.82) is 0 Å². The van der Waals surface area contributed by atoms with E-state index in [1.807, 2.05) is 48.6 Å². The van der Waals surface area contributed by atoms with E-state index in [0.717, 1.165) is 44.8 Å². The summed E-state index contributed by atoms with van der Waals surface area (Å²) < 4.78 is 0. The van der Waals surface area contributed by atoms with Gasteiger partial charge in [0.1, 0.15) is 0 Å². The van der Waals surface area contributed by atoms with Crippen molar-refractivity contribution < 1.29 is 0 Å². The first kappa shape index (κ1) is 15.4. The average molecular weight is 347 g/mol. The van der Waals surface area contributed by atoms with Gasteiger partial charge >= 0.3 is 0 Å². The third-order valence-corrected chi connectivity index (χ3v) is 4.04. The Morgan fingerprint density at radius 2 is 0.760 bits per heavy atom. The number of aromatic nitrogens is 4. The van der Waals surface area contributed by atoms with Crippen molar-refractivity contribution in [1.82, 2.24) is 19.9 Å². The molecular formula is C20H15ClN4. The zero-order valence-corrected chi connectivity index (χ0v) is 14.0. The van der Waals surface area contributed by atoms with E-state index >= 15 is 0 Å². The Bertz CT molecular complexity index is 990. The Balaban J connectivity index is 0.00000157. The summed E-state index contributed by atoms with van der Waals surface area (Å²) in [6.07, 6.45) is 8.09. The molecule has 0 spiro atoms. The Morgan fingerprint density at radius 1 is 0.480 bits per heavy atom. The Hall–Kier alpha value is -3.11. The highest BCUT2D eigenvalue weighted by molar-refractivity contribution is 5.85. The molecule has 0 saturated heterocycles. The molecule has 4 nitrogen and oxygen atoms in total. The van der Waals surface area contributed by atoms with Crippen LogP contribution in [0.25, 0.3) is 46.4 Å².